The molecule has 0 atom stereocenters. The van der Waals surface area contributed by atoms with E-state index in [0.717, 1.165) is 0 Å². The lowest BCUT2D eigenvalue weighted by atomic mass is 10.0. The minimum Gasteiger partial charge on any atom is -0.344 e. The Balaban J connectivity index is 1.39. The quantitative estimate of drug-likeness (QED) is 0.117. The third-order valence-corrected chi connectivity index (χ3v) is 8.78. The molecule has 212 valence electrons. The van der Waals surface area contributed by atoms with Crippen molar-refractivity contribution in [3.63, 3.8) is 0 Å². The van der Waals surface area contributed by atoms with E-state index in [4.69, 9.17) is 0 Å². The van der Waals surface area contributed by atoms with Crippen molar-refractivity contribution in [2.75, 3.05) is 0 Å². The summed E-state index contributed by atoms with van der Waals surface area (Å²) in [7, 11) is 2.26. The Morgan fingerprint density at radius 1 is 0.421 bits per heavy atom. The third-order valence-electron chi connectivity index (χ3n) is 8.78. The van der Waals surface area contributed by atoms with Crippen molar-refractivity contribution in [2.45, 2.75) is 155 Å². The maximum atomic E-state index is 2.46. The van der Waals surface area contributed by atoms with Gasteiger partial charge < -0.3 is 4.57 Å². The van der Waals surface area contributed by atoms with Gasteiger partial charge in [-0.15, -0.1) is 0 Å². The molecule has 0 unspecified atom stereocenters. The van der Waals surface area contributed by atoms with Gasteiger partial charge >= 0.3 is 0 Å². The fraction of sp³-hybridized carbons (Fsp3) is 0.676. The van der Waals surface area contributed by atoms with E-state index in [0.29, 0.717) is 0 Å². The van der Waals surface area contributed by atoms with Gasteiger partial charge in [0, 0.05) is 28.9 Å². The first kappa shape index (κ1) is 30.8. The normalized spacial score (nSPS) is 11.8. The van der Waals surface area contributed by atoms with Crippen LogP contribution < -0.4 is 0 Å². The molecule has 38 heavy (non-hydrogen) atoms. The monoisotopic (exact) mass is 517 g/mol. The summed E-state index contributed by atoms with van der Waals surface area (Å²) in [5.74, 6) is 0. The second kappa shape index (κ2) is 18.5. The van der Waals surface area contributed by atoms with Crippen molar-refractivity contribution in [1.29, 1.82) is 0 Å². The van der Waals surface area contributed by atoms with Crippen LogP contribution in [0.15, 0.2) is 36.4 Å². The van der Waals surface area contributed by atoms with E-state index in [2.05, 4.69) is 61.9 Å². The second-order valence-electron chi connectivity index (χ2n) is 12.1. The van der Waals surface area contributed by atoms with Crippen LogP contribution in [0.2, 0.25) is 0 Å². The third kappa shape index (κ3) is 10.4. The molecule has 0 saturated heterocycles. The molecule has 3 rings (SSSR count). The van der Waals surface area contributed by atoms with Crippen molar-refractivity contribution in [3.05, 3.63) is 47.5 Å². The topological polar surface area (TPSA) is 4.93 Å². The van der Waals surface area contributed by atoms with E-state index in [1.165, 1.54) is 174 Å². The van der Waals surface area contributed by atoms with Crippen LogP contribution in [0.1, 0.15) is 153 Å². The fourth-order valence-corrected chi connectivity index (χ4v) is 6.24. The maximum Gasteiger partial charge on any atom is 0.0491 e. The van der Waals surface area contributed by atoms with Gasteiger partial charge in [-0.25, -0.2) is 0 Å². The minimum absolute atomic E-state index is 1.22. The number of aromatic nitrogens is 1. The van der Waals surface area contributed by atoms with Crippen molar-refractivity contribution >= 4 is 21.8 Å². The van der Waals surface area contributed by atoms with Gasteiger partial charge in [-0.2, -0.15) is 0 Å². The summed E-state index contributed by atoms with van der Waals surface area (Å²) in [4.78, 5) is 0. The molecule has 0 saturated carbocycles. The Labute approximate surface area is 235 Å². The molecular formula is C37H59N. The Hall–Kier alpha value is -1.76. The van der Waals surface area contributed by atoms with Gasteiger partial charge in [-0.3, -0.25) is 0 Å². The van der Waals surface area contributed by atoms with Gasteiger partial charge in [0.15, 0.2) is 0 Å². The summed E-state index contributed by atoms with van der Waals surface area (Å²) >= 11 is 0. The summed E-state index contributed by atoms with van der Waals surface area (Å²) in [6.45, 7) is 4.60. The molecular weight excluding hydrogens is 458 g/mol. The second-order valence-corrected chi connectivity index (χ2v) is 12.1. The first-order chi connectivity index (χ1) is 18.7. The number of nitrogens with zero attached hydrogens (tertiary/aromatic N) is 1. The lowest BCUT2D eigenvalue weighted by molar-refractivity contribution is 0.556. The first-order valence-electron chi connectivity index (χ1n) is 16.7. The summed E-state index contributed by atoms with van der Waals surface area (Å²) in [5, 5.41) is 2.83. The van der Waals surface area contributed by atoms with Gasteiger partial charge in [-0.1, -0.05) is 154 Å². The number of fused-ring (bicyclic) bond motifs is 3. The molecule has 0 N–H and O–H groups in total. The molecule has 0 amide bonds. The highest BCUT2D eigenvalue weighted by Crippen LogP contribution is 2.30. The summed E-state index contributed by atoms with van der Waals surface area (Å²) in [5.41, 5.74) is 5.82. The van der Waals surface area contributed by atoms with Gasteiger partial charge in [-0.05, 0) is 48.9 Å². The van der Waals surface area contributed by atoms with Gasteiger partial charge in [0.1, 0.15) is 0 Å². The maximum absolute atomic E-state index is 2.46. The predicted molar refractivity (Wildman–Crippen MR) is 172 cm³/mol. The van der Waals surface area contributed by atoms with E-state index in [1.807, 2.05) is 0 Å². The zero-order valence-electron chi connectivity index (χ0n) is 25.5. The van der Waals surface area contributed by atoms with Crippen molar-refractivity contribution < 1.29 is 0 Å². The molecule has 0 fully saturated rings. The van der Waals surface area contributed by atoms with Crippen LogP contribution in [0.5, 0.6) is 0 Å². The molecule has 0 aliphatic heterocycles. The molecule has 1 nitrogen and oxygen atoms in total. The Bertz CT molecular complexity index is 945. The van der Waals surface area contributed by atoms with Gasteiger partial charge in [0.25, 0.3) is 0 Å². The van der Waals surface area contributed by atoms with Crippen LogP contribution in [0.4, 0.5) is 0 Å². The van der Waals surface area contributed by atoms with Crippen molar-refractivity contribution in [1.82, 2.24) is 4.57 Å². The van der Waals surface area contributed by atoms with E-state index >= 15 is 0 Å². The zero-order valence-corrected chi connectivity index (χ0v) is 25.5. The SMILES string of the molecule is CCCCCCCCCCCCc1ccc2c3ccc(CCCCCCCCCCCC)cc3n(C)c2c1. The highest BCUT2D eigenvalue weighted by Gasteiger charge is 2.10. The molecule has 0 aliphatic rings. The average molecular weight is 518 g/mol. The lowest BCUT2D eigenvalue weighted by Crippen LogP contribution is -1.91. The molecule has 0 spiro atoms. The first-order valence-corrected chi connectivity index (χ1v) is 16.7. The zero-order chi connectivity index (χ0) is 26.8. The fourth-order valence-electron chi connectivity index (χ4n) is 6.24. The number of unbranched alkanes of at least 4 members (excludes halogenated alkanes) is 18. The highest BCUT2D eigenvalue weighted by atomic mass is 14.9. The number of aryl methyl sites for hydroxylation is 3. The summed E-state index contributed by atoms with van der Waals surface area (Å²) in [6, 6.07) is 14.5. The molecule has 3 aromatic rings. The van der Waals surface area contributed by atoms with Crippen LogP contribution >= 0.6 is 0 Å². The summed E-state index contributed by atoms with van der Waals surface area (Å²) in [6.07, 6.45) is 30.6. The van der Waals surface area contributed by atoms with Crippen molar-refractivity contribution in [3.8, 4) is 0 Å². The van der Waals surface area contributed by atoms with Crippen LogP contribution in [-0.4, -0.2) is 4.57 Å². The highest BCUT2D eigenvalue weighted by molar-refractivity contribution is 6.08. The van der Waals surface area contributed by atoms with Crippen LogP contribution in [-0.2, 0) is 19.9 Å². The van der Waals surface area contributed by atoms with E-state index in [1.54, 1.807) is 0 Å². The van der Waals surface area contributed by atoms with Gasteiger partial charge in [0.2, 0.25) is 0 Å². The molecule has 1 heteroatoms. The van der Waals surface area contributed by atoms with Crippen LogP contribution in [0, 0.1) is 0 Å². The Morgan fingerprint density at radius 3 is 1.08 bits per heavy atom. The Morgan fingerprint density at radius 2 is 0.737 bits per heavy atom. The largest absolute Gasteiger partial charge is 0.344 e. The lowest BCUT2D eigenvalue weighted by Gasteiger charge is -2.05. The standard InChI is InChI=1S/C37H59N/c1-4-6-8-10-12-14-16-18-20-22-24-32-26-28-34-35-29-27-33(31-37(35)38(3)36(34)30-32)25-23-21-19-17-15-13-11-9-7-5-2/h26-31H,4-25H2,1-3H3. The number of rotatable bonds is 22. The average Bonchev–Trinajstić information content (AvgIpc) is 3.21. The molecule has 1 heterocycles. The smallest absolute Gasteiger partial charge is 0.0491 e. The molecule has 0 bridgehead atoms. The predicted octanol–water partition coefficient (Wildman–Crippen LogP) is 12.3. The number of hydrogen-bond donors (Lipinski definition) is 0. The number of benzene rings is 2. The van der Waals surface area contributed by atoms with E-state index in [9.17, 15) is 0 Å². The van der Waals surface area contributed by atoms with E-state index < -0.39 is 0 Å². The molecule has 2 aromatic carbocycles. The molecule has 1 aromatic heterocycles. The summed E-state index contributed by atoms with van der Waals surface area (Å²) < 4.78 is 2.44. The van der Waals surface area contributed by atoms with E-state index in [-0.39, 0.29) is 0 Å². The Kier molecular flexibility index (Phi) is 15.0. The van der Waals surface area contributed by atoms with Crippen LogP contribution in [0.3, 0.4) is 0 Å². The molecule has 0 radical (unpaired) electrons. The molecule has 0 aliphatic carbocycles. The minimum atomic E-state index is 1.22. The van der Waals surface area contributed by atoms with Crippen molar-refractivity contribution in [2.24, 2.45) is 7.05 Å². The van der Waals surface area contributed by atoms with Crippen LogP contribution in [0.25, 0.3) is 21.8 Å². The number of hydrogen-bond acceptors (Lipinski definition) is 0. The van der Waals surface area contributed by atoms with Gasteiger partial charge in [0.05, 0.1) is 0 Å².